The van der Waals surface area contributed by atoms with Gasteiger partial charge in [0.2, 0.25) is 11.8 Å². The molecule has 3 N–H and O–H groups in total. The Hall–Kier alpha value is -1.88. The van der Waals surface area contributed by atoms with Gasteiger partial charge in [0.25, 0.3) is 0 Å². The quantitative estimate of drug-likeness (QED) is 0.504. The fraction of sp³-hybridized carbons (Fsp3) is 0.273. The van der Waals surface area contributed by atoms with E-state index in [2.05, 4.69) is 5.32 Å². The van der Waals surface area contributed by atoms with Crippen LogP contribution in [0.15, 0.2) is 30.3 Å². The summed E-state index contributed by atoms with van der Waals surface area (Å²) in [6.45, 7) is 0.445. The molecule has 0 bridgehead atoms. The maximum Gasteiger partial charge on any atom is 0.243 e. The minimum Gasteiger partial charge on any atom is -0.352 e. The topological polar surface area (TPSA) is 78.4 Å². The van der Waals surface area contributed by atoms with E-state index in [1.54, 1.807) is 0 Å². The molecule has 0 fully saturated rings. The van der Waals surface area contributed by atoms with Gasteiger partial charge in [0.1, 0.15) is 0 Å². The van der Waals surface area contributed by atoms with Gasteiger partial charge in [-0.15, -0.1) is 0 Å². The Bertz CT molecular complexity index is 352. The SMILES string of the molecule is O=C(CCC(=O)NCc1ccccc1)NO. The highest BCUT2D eigenvalue weighted by Crippen LogP contribution is 1.98. The molecule has 2 amide bonds. The summed E-state index contributed by atoms with van der Waals surface area (Å²) in [5.74, 6) is -0.776. The molecule has 0 heterocycles. The molecule has 0 aliphatic rings. The summed E-state index contributed by atoms with van der Waals surface area (Å²) >= 11 is 0. The summed E-state index contributed by atoms with van der Waals surface area (Å²) in [5, 5.41) is 10.9. The van der Waals surface area contributed by atoms with Gasteiger partial charge in [-0.05, 0) is 5.56 Å². The molecular formula is C11H14N2O3. The zero-order chi connectivity index (χ0) is 11.8. The zero-order valence-electron chi connectivity index (χ0n) is 8.77. The summed E-state index contributed by atoms with van der Waals surface area (Å²) in [7, 11) is 0. The van der Waals surface area contributed by atoms with Gasteiger partial charge < -0.3 is 5.32 Å². The Balaban J connectivity index is 2.23. The van der Waals surface area contributed by atoms with Gasteiger partial charge in [-0.1, -0.05) is 30.3 Å². The van der Waals surface area contributed by atoms with E-state index in [-0.39, 0.29) is 18.7 Å². The molecular weight excluding hydrogens is 208 g/mol. The number of carbonyl (C=O) groups is 2. The number of hydrogen-bond acceptors (Lipinski definition) is 3. The van der Waals surface area contributed by atoms with Gasteiger partial charge in [-0.3, -0.25) is 14.8 Å². The van der Waals surface area contributed by atoms with Crippen LogP contribution in [-0.2, 0) is 16.1 Å². The van der Waals surface area contributed by atoms with E-state index in [1.807, 2.05) is 30.3 Å². The molecule has 16 heavy (non-hydrogen) atoms. The molecule has 0 aliphatic carbocycles. The molecule has 0 saturated heterocycles. The fourth-order valence-corrected chi connectivity index (χ4v) is 1.17. The standard InChI is InChI=1S/C11H14N2O3/c14-10(6-7-11(15)13-16)12-8-9-4-2-1-3-5-9/h1-5,16H,6-8H2,(H,12,14)(H,13,15). The Labute approximate surface area is 93.4 Å². The molecule has 0 radical (unpaired) electrons. The van der Waals surface area contributed by atoms with Crippen molar-refractivity contribution in [1.82, 2.24) is 10.8 Å². The van der Waals surface area contributed by atoms with Crippen molar-refractivity contribution >= 4 is 11.8 Å². The predicted molar refractivity (Wildman–Crippen MR) is 57.5 cm³/mol. The molecule has 86 valence electrons. The first-order valence-electron chi connectivity index (χ1n) is 4.96. The van der Waals surface area contributed by atoms with Gasteiger partial charge in [-0.25, -0.2) is 5.48 Å². The van der Waals surface area contributed by atoms with Gasteiger partial charge in [0.15, 0.2) is 0 Å². The lowest BCUT2D eigenvalue weighted by Crippen LogP contribution is -2.25. The molecule has 1 aromatic rings. The van der Waals surface area contributed by atoms with Gasteiger partial charge >= 0.3 is 0 Å². The average Bonchev–Trinajstić information content (AvgIpc) is 2.34. The second-order valence-corrected chi connectivity index (χ2v) is 3.30. The normalized spacial score (nSPS) is 9.56. The first-order chi connectivity index (χ1) is 7.72. The first kappa shape index (κ1) is 12.2. The van der Waals surface area contributed by atoms with Crippen molar-refractivity contribution in [2.75, 3.05) is 0 Å². The van der Waals surface area contributed by atoms with E-state index in [1.165, 1.54) is 5.48 Å². The maximum atomic E-state index is 11.3. The smallest absolute Gasteiger partial charge is 0.243 e. The second-order valence-electron chi connectivity index (χ2n) is 3.30. The molecule has 5 heteroatoms. The highest BCUT2D eigenvalue weighted by Gasteiger charge is 2.05. The third kappa shape index (κ3) is 4.56. The van der Waals surface area contributed by atoms with E-state index < -0.39 is 5.91 Å². The van der Waals surface area contributed by atoms with Crippen molar-refractivity contribution in [2.45, 2.75) is 19.4 Å². The highest BCUT2D eigenvalue weighted by atomic mass is 16.5. The predicted octanol–water partition coefficient (Wildman–Crippen LogP) is 0.588. The summed E-state index contributed by atoms with van der Waals surface area (Å²) < 4.78 is 0. The number of amides is 2. The Kier molecular flexibility index (Phi) is 5.01. The van der Waals surface area contributed by atoms with Crippen molar-refractivity contribution < 1.29 is 14.8 Å². The maximum absolute atomic E-state index is 11.3. The lowest BCUT2D eigenvalue weighted by atomic mass is 10.2. The van der Waals surface area contributed by atoms with Crippen LogP contribution in [0.5, 0.6) is 0 Å². The molecule has 1 aromatic carbocycles. The minimum atomic E-state index is -0.560. The zero-order valence-corrected chi connectivity index (χ0v) is 8.77. The minimum absolute atomic E-state index is 0.0167. The van der Waals surface area contributed by atoms with Crippen LogP contribution in [0.25, 0.3) is 0 Å². The molecule has 0 aromatic heterocycles. The molecule has 0 saturated carbocycles. The van der Waals surface area contributed by atoms with Crippen LogP contribution in [0.3, 0.4) is 0 Å². The van der Waals surface area contributed by atoms with E-state index in [4.69, 9.17) is 5.21 Å². The van der Waals surface area contributed by atoms with Crippen molar-refractivity contribution in [1.29, 1.82) is 0 Å². The van der Waals surface area contributed by atoms with Crippen molar-refractivity contribution in [3.8, 4) is 0 Å². The Morgan fingerprint density at radius 1 is 1.06 bits per heavy atom. The van der Waals surface area contributed by atoms with Crippen molar-refractivity contribution in [3.63, 3.8) is 0 Å². The van der Waals surface area contributed by atoms with Gasteiger partial charge in [-0.2, -0.15) is 0 Å². The van der Waals surface area contributed by atoms with E-state index in [0.717, 1.165) is 5.56 Å². The van der Waals surface area contributed by atoms with Crippen LogP contribution < -0.4 is 10.8 Å². The Morgan fingerprint density at radius 2 is 1.69 bits per heavy atom. The van der Waals surface area contributed by atoms with Crippen LogP contribution in [-0.4, -0.2) is 17.0 Å². The van der Waals surface area contributed by atoms with E-state index in [0.29, 0.717) is 6.54 Å². The Morgan fingerprint density at radius 3 is 2.31 bits per heavy atom. The van der Waals surface area contributed by atoms with Crippen LogP contribution in [0, 0.1) is 0 Å². The van der Waals surface area contributed by atoms with Crippen LogP contribution in [0.2, 0.25) is 0 Å². The van der Waals surface area contributed by atoms with E-state index >= 15 is 0 Å². The number of hydrogen-bond donors (Lipinski definition) is 3. The summed E-state index contributed by atoms with van der Waals surface area (Å²) in [6, 6.07) is 9.49. The molecule has 5 nitrogen and oxygen atoms in total. The number of benzene rings is 1. The van der Waals surface area contributed by atoms with Crippen molar-refractivity contribution in [3.05, 3.63) is 35.9 Å². The van der Waals surface area contributed by atoms with E-state index in [9.17, 15) is 9.59 Å². The third-order valence-corrected chi connectivity index (χ3v) is 2.04. The number of rotatable bonds is 5. The van der Waals surface area contributed by atoms with Gasteiger partial charge in [0, 0.05) is 19.4 Å². The van der Waals surface area contributed by atoms with Crippen molar-refractivity contribution in [2.24, 2.45) is 0 Å². The number of hydroxylamine groups is 1. The lowest BCUT2D eigenvalue weighted by molar-refractivity contribution is -0.131. The van der Waals surface area contributed by atoms with Gasteiger partial charge in [0.05, 0.1) is 0 Å². The number of carbonyl (C=O) groups excluding carboxylic acids is 2. The highest BCUT2D eigenvalue weighted by molar-refractivity contribution is 5.83. The largest absolute Gasteiger partial charge is 0.352 e. The summed E-state index contributed by atoms with van der Waals surface area (Å²) in [4.78, 5) is 21.9. The fourth-order valence-electron chi connectivity index (χ4n) is 1.17. The monoisotopic (exact) mass is 222 g/mol. The molecule has 1 rings (SSSR count). The van der Waals surface area contributed by atoms with Crippen LogP contribution in [0.1, 0.15) is 18.4 Å². The second kappa shape index (κ2) is 6.58. The van der Waals surface area contributed by atoms with Crippen LogP contribution >= 0.6 is 0 Å². The molecule has 0 spiro atoms. The first-order valence-corrected chi connectivity index (χ1v) is 4.96. The molecule has 0 aliphatic heterocycles. The summed E-state index contributed by atoms with van der Waals surface area (Å²) in [5.41, 5.74) is 2.48. The number of nitrogens with one attached hydrogen (secondary N) is 2. The molecule has 0 unspecified atom stereocenters. The lowest BCUT2D eigenvalue weighted by Gasteiger charge is -2.04. The van der Waals surface area contributed by atoms with Crippen LogP contribution in [0.4, 0.5) is 0 Å². The molecule has 0 atom stereocenters. The third-order valence-electron chi connectivity index (χ3n) is 2.04. The average molecular weight is 222 g/mol. The summed E-state index contributed by atoms with van der Waals surface area (Å²) in [6.07, 6.45) is 0.0519.